The summed E-state index contributed by atoms with van der Waals surface area (Å²) >= 11 is 0. The summed E-state index contributed by atoms with van der Waals surface area (Å²) in [6.07, 6.45) is 0. The Bertz CT molecular complexity index is 226. The second kappa shape index (κ2) is 7.59. The molecule has 0 aromatic heterocycles. The van der Waals surface area contributed by atoms with E-state index in [-0.39, 0.29) is 5.20 Å². The molecule has 0 amide bonds. The summed E-state index contributed by atoms with van der Waals surface area (Å²) in [4.78, 5) is 10.8. The second-order valence-corrected chi connectivity index (χ2v) is 6.64. The average molecular weight is 246 g/mol. The Morgan fingerprint density at radius 2 is 1.56 bits per heavy atom. The number of carbonyl (C=O) groups is 1. The maximum absolute atomic E-state index is 10.8. The highest BCUT2D eigenvalue weighted by atomic mass is 28.3. The Morgan fingerprint density at radius 3 is 1.81 bits per heavy atom. The van der Waals surface area contributed by atoms with Crippen molar-refractivity contribution in [3.8, 4) is 0 Å². The summed E-state index contributed by atoms with van der Waals surface area (Å²) in [6, 6.07) is 0. The molecule has 0 unspecified atom stereocenters. The molecule has 5 heteroatoms. The van der Waals surface area contributed by atoms with Gasteiger partial charge in [-0.2, -0.15) is 0 Å². The van der Waals surface area contributed by atoms with E-state index in [1.165, 1.54) is 0 Å². The third kappa shape index (κ3) is 6.76. The maximum Gasteiger partial charge on any atom is 0.362 e. The molecule has 94 valence electrons. The molecule has 16 heavy (non-hydrogen) atoms. The molecule has 4 nitrogen and oxygen atoms in total. The van der Waals surface area contributed by atoms with Gasteiger partial charge < -0.3 is 14.0 Å². The van der Waals surface area contributed by atoms with Gasteiger partial charge in [0.25, 0.3) is 0 Å². The number of hydrogen-bond donors (Lipinski definition) is 1. The third-order valence-electron chi connectivity index (χ3n) is 1.72. The molecule has 0 fully saturated rings. The molecule has 0 aliphatic carbocycles. The van der Waals surface area contributed by atoms with Gasteiger partial charge >= 0.3 is 15.3 Å². The van der Waals surface area contributed by atoms with Crippen molar-refractivity contribution in [1.29, 1.82) is 0 Å². The zero-order valence-corrected chi connectivity index (χ0v) is 11.7. The van der Waals surface area contributed by atoms with Crippen LogP contribution < -0.4 is 0 Å². The van der Waals surface area contributed by atoms with Crippen LogP contribution in [-0.4, -0.2) is 33.6 Å². The Labute approximate surface area is 99.1 Å². The van der Waals surface area contributed by atoms with Gasteiger partial charge in [-0.25, -0.2) is 4.79 Å². The molecule has 0 rings (SSSR count). The molecule has 0 aromatic rings. The Morgan fingerprint density at radius 1 is 1.19 bits per heavy atom. The molecule has 0 saturated heterocycles. The lowest BCUT2D eigenvalue weighted by Gasteiger charge is -2.19. The zero-order chi connectivity index (χ0) is 12.7. The van der Waals surface area contributed by atoms with Gasteiger partial charge in [-0.15, -0.1) is 0 Å². The molecular weight excluding hydrogens is 224 g/mol. The molecule has 0 aliphatic heterocycles. The number of carboxylic acids is 1. The minimum absolute atomic E-state index is 0.0845. The van der Waals surface area contributed by atoms with Gasteiger partial charge in [-0.1, -0.05) is 34.3 Å². The number of rotatable bonds is 8. The zero-order valence-electron chi connectivity index (χ0n) is 10.5. The van der Waals surface area contributed by atoms with E-state index in [0.29, 0.717) is 25.0 Å². The molecule has 0 heterocycles. The van der Waals surface area contributed by atoms with E-state index in [0.717, 1.165) is 0 Å². The first-order valence-corrected chi connectivity index (χ1v) is 7.01. The number of hydrogen-bond acceptors (Lipinski definition) is 3. The minimum Gasteiger partial charge on any atom is -0.478 e. The fourth-order valence-electron chi connectivity index (χ4n) is 0.910. The van der Waals surface area contributed by atoms with Gasteiger partial charge in [0.05, 0.1) is 5.20 Å². The van der Waals surface area contributed by atoms with Crippen LogP contribution in [0.5, 0.6) is 0 Å². The molecule has 0 saturated carbocycles. The minimum atomic E-state index is -2.29. The van der Waals surface area contributed by atoms with Crippen LogP contribution in [0.3, 0.4) is 0 Å². The average Bonchev–Trinajstić information content (AvgIpc) is 2.16. The van der Waals surface area contributed by atoms with Gasteiger partial charge in [0.2, 0.25) is 0 Å². The van der Waals surface area contributed by atoms with Crippen LogP contribution in [0.15, 0.2) is 11.8 Å². The highest BCUT2D eigenvalue weighted by molar-refractivity contribution is 6.60. The fourth-order valence-corrected chi connectivity index (χ4v) is 2.73. The summed E-state index contributed by atoms with van der Waals surface area (Å²) in [6.45, 7) is 12.6. The highest BCUT2D eigenvalue weighted by Gasteiger charge is 2.24. The monoisotopic (exact) mass is 246 g/mol. The summed E-state index contributed by atoms with van der Waals surface area (Å²) in [5.41, 5.74) is 0. The van der Waals surface area contributed by atoms with Crippen molar-refractivity contribution in [3.05, 3.63) is 11.8 Å². The topological polar surface area (TPSA) is 55.8 Å². The molecule has 1 N–H and O–H groups in total. The SMILES string of the molecule is C=C(C(=O)O)[SiH](OCC(C)C)OCC(C)C. The van der Waals surface area contributed by atoms with Crippen molar-refractivity contribution >= 4 is 15.3 Å². The van der Waals surface area contributed by atoms with Crippen LogP contribution >= 0.6 is 0 Å². The van der Waals surface area contributed by atoms with Crippen LogP contribution in [-0.2, 0) is 13.6 Å². The molecule has 0 spiro atoms. The summed E-state index contributed by atoms with van der Waals surface area (Å²) < 4.78 is 11.0. The molecule has 0 aromatic carbocycles. The van der Waals surface area contributed by atoms with Crippen LogP contribution in [0.2, 0.25) is 0 Å². The molecule has 0 bridgehead atoms. The van der Waals surface area contributed by atoms with Gasteiger partial charge in [0.15, 0.2) is 0 Å². The summed E-state index contributed by atoms with van der Waals surface area (Å²) in [5.74, 6) is -0.303. The van der Waals surface area contributed by atoms with Crippen LogP contribution in [0.25, 0.3) is 0 Å². The van der Waals surface area contributed by atoms with E-state index in [1.54, 1.807) is 0 Å². The largest absolute Gasteiger partial charge is 0.478 e. The van der Waals surface area contributed by atoms with Crippen LogP contribution in [0.1, 0.15) is 27.7 Å². The maximum atomic E-state index is 10.8. The fraction of sp³-hybridized carbons (Fsp3) is 0.727. The van der Waals surface area contributed by atoms with Crippen molar-refractivity contribution in [1.82, 2.24) is 0 Å². The van der Waals surface area contributed by atoms with Crippen molar-refractivity contribution < 1.29 is 18.8 Å². The Kier molecular flexibility index (Phi) is 7.28. The smallest absolute Gasteiger partial charge is 0.362 e. The van der Waals surface area contributed by atoms with Gasteiger partial charge in [0, 0.05) is 13.2 Å². The summed E-state index contributed by atoms with van der Waals surface area (Å²) in [5, 5.41) is 8.94. The molecular formula is C11H22O4Si. The van der Waals surface area contributed by atoms with Gasteiger partial charge in [-0.05, 0) is 11.8 Å². The standard InChI is InChI=1S/C11H22O4Si/c1-8(2)6-14-16(10(5)11(12)13)15-7-9(3)4/h8-9,16H,5-7H2,1-4H3,(H,12,13). The van der Waals surface area contributed by atoms with Gasteiger partial charge in [0.1, 0.15) is 0 Å². The van der Waals surface area contributed by atoms with Crippen molar-refractivity contribution in [2.45, 2.75) is 27.7 Å². The van der Waals surface area contributed by atoms with Crippen molar-refractivity contribution in [2.24, 2.45) is 11.8 Å². The van der Waals surface area contributed by atoms with Crippen LogP contribution in [0, 0.1) is 11.8 Å². The van der Waals surface area contributed by atoms with Crippen LogP contribution in [0.4, 0.5) is 0 Å². The lowest BCUT2D eigenvalue weighted by Crippen LogP contribution is -2.32. The second-order valence-electron chi connectivity index (χ2n) is 4.62. The van der Waals surface area contributed by atoms with E-state index < -0.39 is 15.3 Å². The lowest BCUT2D eigenvalue weighted by molar-refractivity contribution is -0.132. The summed E-state index contributed by atoms with van der Waals surface area (Å²) in [7, 11) is -2.29. The van der Waals surface area contributed by atoms with Crippen molar-refractivity contribution in [3.63, 3.8) is 0 Å². The quantitative estimate of drug-likeness (QED) is 0.523. The predicted molar refractivity (Wildman–Crippen MR) is 65.5 cm³/mol. The van der Waals surface area contributed by atoms with E-state index in [2.05, 4.69) is 6.58 Å². The van der Waals surface area contributed by atoms with Gasteiger partial charge in [-0.3, -0.25) is 0 Å². The van der Waals surface area contributed by atoms with E-state index in [9.17, 15) is 4.79 Å². The Hall–Kier alpha value is -0.653. The van der Waals surface area contributed by atoms with Crippen molar-refractivity contribution in [2.75, 3.05) is 13.2 Å². The molecule has 0 atom stereocenters. The Balaban J connectivity index is 4.26. The normalized spacial score (nSPS) is 11.4. The first-order chi connectivity index (χ1) is 7.34. The van der Waals surface area contributed by atoms with E-state index in [1.807, 2.05) is 27.7 Å². The number of carboxylic acid groups (broad SMARTS) is 1. The van der Waals surface area contributed by atoms with E-state index in [4.69, 9.17) is 14.0 Å². The first kappa shape index (κ1) is 15.3. The lowest BCUT2D eigenvalue weighted by atomic mass is 10.2. The molecule has 0 radical (unpaired) electrons. The van der Waals surface area contributed by atoms with E-state index >= 15 is 0 Å². The highest BCUT2D eigenvalue weighted by Crippen LogP contribution is 2.07. The third-order valence-corrected chi connectivity index (χ3v) is 3.53. The predicted octanol–water partition coefficient (Wildman–Crippen LogP) is 1.73. The number of aliphatic carboxylic acids is 1. The molecule has 0 aliphatic rings. The first-order valence-electron chi connectivity index (χ1n) is 5.49.